The second-order valence-electron chi connectivity index (χ2n) is 18.2. The summed E-state index contributed by atoms with van der Waals surface area (Å²) in [5, 5.41) is 27.8. The summed E-state index contributed by atoms with van der Waals surface area (Å²) in [4.78, 5) is 148. The van der Waals surface area contributed by atoms with Gasteiger partial charge in [0.15, 0.2) is 0 Å². The molecule has 0 bridgehead atoms. The van der Waals surface area contributed by atoms with Crippen molar-refractivity contribution in [1.82, 2.24) is 42.1 Å². The lowest BCUT2D eigenvalue weighted by Crippen LogP contribution is -2.63. The van der Waals surface area contributed by atoms with Gasteiger partial charge in [0, 0.05) is 30.1 Å². The Kier molecular flexibility index (Phi) is 23.2. The summed E-state index contributed by atoms with van der Waals surface area (Å²) in [6.07, 6.45) is -1.27. The van der Waals surface area contributed by atoms with E-state index in [2.05, 4.69) is 37.2 Å². The summed E-state index contributed by atoms with van der Waals surface area (Å²) in [5.41, 5.74) is 23.0. The number of hydrogen-bond donors (Lipinski definition) is 12. The highest BCUT2D eigenvalue weighted by Gasteiger charge is 2.49. The maximum Gasteiger partial charge on any atom is 0.247 e. The van der Waals surface area contributed by atoms with E-state index < -0.39 is 150 Å². The fourth-order valence-electron chi connectivity index (χ4n) is 7.42. The van der Waals surface area contributed by atoms with Crippen LogP contribution in [0.15, 0.2) is 24.3 Å². The minimum absolute atomic E-state index is 0.0490. The van der Waals surface area contributed by atoms with Crippen molar-refractivity contribution >= 4 is 98.3 Å². The number of carbonyl (C=O) groups excluding carboxylic acids is 11. The van der Waals surface area contributed by atoms with Crippen LogP contribution in [0.25, 0.3) is 0 Å². The van der Waals surface area contributed by atoms with Crippen molar-refractivity contribution in [3.63, 3.8) is 0 Å². The number of thioether (sulfide) groups is 1. The van der Waals surface area contributed by atoms with Gasteiger partial charge in [-0.25, -0.2) is 0 Å². The first-order valence-corrected chi connectivity index (χ1v) is 26.4. The molecule has 24 nitrogen and oxygen atoms in total. The van der Waals surface area contributed by atoms with Gasteiger partial charge in [-0.2, -0.15) is 0 Å². The first-order chi connectivity index (χ1) is 33.2. The van der Waals surface area contributed by atoms with Crippen LogP contribution in [0.4, 0.5) is 0 Å². The Hall–Kier alpha value is -5.80. The van der Waals surface area contributed by atoms with Crippen molar-refractivity contribution < 1.29 is 57.8 Å². The smallest absolute Gasteiger partial charge is 0.247 e. The molecular formula is C44H68N12O12S3. The Bertz CT molecular complexity index is 2130. The van der Waals surface area contributed by atoms with Crippen LogP contribution in [0.5, 0.6) is 5.75 Å². The maximum absolute atomic E-state index is 14.9. The van der Waals surface area contributed by atoms with E-state index in [-0.39, 0.29) is 41.8 Å². The molecule has 0 aromatic heterocycles. The molecule has 394 valence electrons. The Morgan fingerprint density at radius 1 is 0.775 bits per heavy atom. The quantitative estimate of drug-likeness (QED) is 0.0696. The molecule has 11 amide bonds. The SMILES string of the molecule is CC[C@H](C)[C@H]1NC(=O)[C@H](Cc2ccc(O)cc2)NC(=O)[C@@H](N)CSSC[C@@H](C(=O)N2[C@H](C(=O)N[C@@H](CC(C)C)C(=O)NCC(N)=O)CSC2(C)C)NC(=O)[C@H](CC(N)=O)NC(=O)[C@H](CCC(N)=O)NC1=O. The van der Waals surface area contributed by atoms with Crippen molar-refractivity contribution in [3.8, 4) is 5.75 Å². The second kappa shape index (κ2) is 27.7. The van der Waals surface area contributed by atoms with Gasteiger partial charge >= 0.3 is 0 Å². The molecule has 1 aromatic rings. The van der Waals surface area contributed by atoms with E-state index in [0.717, 1.165) is 21.6 Å². The van der Waals surface area contributed by atoms with E-state index in [1.807, 2.05) is 13.8 Å². The van der Waals surface area contributed by atoms with Crippen LogP contribution < -0.4 is 60.2 Å². The zero-order chi connectivity index (χ0) is 53.3. The van der Waals surface area contributed by atoms with Gasteiger partial charge in [-0.3, -0.25) is 52.7 Å². The van der Waals surface area contributed by atoms with E-state index in [9.17, 15) is 57.8 Å². The van der Waals surface area contributed by atoms with E-state index in [1.54, 1.807) is 27.7 Å². The molecular weight excluding hydrogens is 985 g/mol. The zero-order valence-corrected chi connectivity index (χ0v) is 43.0. The molecule has 0 spiro atoms. The number of nitrogens with zero attached hydrogens (tertiary/aromatic N) is 1. The van der Waals surface area contributed by atoms with Gasteiger partial charge in [0.2, 0.25) is 65.0 Å². The minimum atomic E-state index is -1.77. The summed E-state index contributed by atoms with van der Waals surface area (Å²) in [7, 11) is 2.03. The van der Waals surface area contributed by atoms with Crippen LogP contribution in [0.2, 0.25) is 0 Å². The van der Waals surface area contributed by atoms with Gasteiger partial charge in [0.1, 0.15) is 48.0 Å². The number of primary amides is 3. The topological polar surface area (TPSA) is 400 Å². The molecule has 3 rings (SSSR count). The van der Waals surface area contributed by atoms with Crippen LogP contribution in [0.1, 0.15) is 79.2 Å². The maximum atomic E-state index is 14.9. The predicted octanol–water partition coefficient (Wildman–Crippen LogP) is -2.92. The average Bonchev–Trinajstić information content (AvgIpc) is 3.62. The highest BCUT2D eigenvalue weighted by atomic mass is 33.1. The van der Waals surface area contributed by atoms with Crippen molar-refractivity contribution in [3.05, 3.63) is 29.8 Å². The Morgan fingerprint density at radius 3 is 1.96 bits per heavy atom. The van der Waals surface area contributed by atoms with E-state index >= 15 is 0 Å². The number of amides is 11. The molecule has 9 atom stereocenters. The number of nitrogens with one attached hydrogen (secondary N) is 7. The largest absolute Gasteiger partial charge is 0.508 e. The van der Waals surface area contributed by atoms with Crippen LogP contribution in [0.3, 0.4) is 0 Å². The number of phenolic OH excluding ortho intramolecular Hbond substituents is 1. The Labute approximate surface area is 424 Å². The fraction of sp³-hybridized carbons (Fsp3) is 0.614. The van der Waals surface area contributed by atoms with Crippen LogP contribution in [-0.2, 0) is 59.2 Å². The number of phenols is 1. The number of rotatable bonds is 17. The van der Waals surface area contributed by atoms with Crippen LogP contribution in [-0.4, -0.2) is 152 Å². The summed E-state index contributed by atoms with van der Waals surface area (Å²) in [6, 6.07) is -5.28. The molecule has 2 heterocycles. The Balaban J connectivity index is 2.11. The standard InChI is InChI=1S/C44H68N12O12S3/c1-7-22(4)35-42(67)50-26(12-13-32(46)58)38(63)52-29(16-33(47)59)39(64)54-30(19-71-70-18-25(45)36(61)51-28(40(65)55-35)15-23-8-10-24(57)11-9-23)43(68)56-31(20-69-44(56,5)6)41(66)53-27(14-21(2)3)37(62)49-17-34(48)60/h8-11,21-22,25-31,35,57H,7,12-20,45H2,1-6H3,(H2,46,58)(H2,47,59)(H2,48,60)(H,49,62)(H,50,67)(H,51,61)(H,52,63)(H,53,66)(H,54,64)(H,55,65)/t22-,25-,26-,27-,28-,29-,30-,31-,35+/m0/s1. The molecule has 27 heteroatoms. The van der Waals surface area contributed by atoms with Crippen LogP contribution >= 0.6 is 33.3 Å². The third-order valence-corrected chi connectivity index (χ3v) is 15.3. The van der Waals surface area contributed by atoms with Crippen LogP contribution in [0, 0.1) is 11.8 Å². The van der Waals surface area contributed by atoms with Crippen molar-refractivity contribution in [2.45, 2.75) is 133 Å². The second-order valence-corrected chi connectivity index (χ2v) is 22.4. The monoisotopic (exact) mass is 1050 g/mol. The first-order valence-electron chi connectivity index (χ1n) is 22.9. The molecule has 71 heavy (non-hydrogen) atoms. The molecule has 16 N–H and O–H groups in total. The van der Waals surface area contributed by atoms with Crippen molar-refractivity contribution in [2.24, 2.45) is 34.8 Å². The predicted molar refractivity (Wildman–Crippen MR) is 267 cm³/mol. The number of carbonyl (C=O) groups is 11. The number of hydrogen-bond acceptors (Lipinski definition) is 16. The van der Waals surface area contributed by atoms with Gasteiger partial charge in [0.25, 0.3) is 0 Å². The minimum Gasteiger partial charge on any atom is -0.508 e. The molecule has 0 aliphatic carbocycles. The lowest BCUT2D eigenvalue weighted by Gasteiger charge is -2.37. The summed E-state index contributed by atoms with van der Waals surface area (Å²) in [5.74, 6) is -10.5. The lowest BCUT2D eigenvalue weighted by molar-refractivity contribution is -0.145. The van der Waals surface area contributed by atoms with Gasteiger partial charge in [-0.05, 0) is 56.2 Å². The molecule has 2 saturated heterocycles. The highest BCUT2D eigenvalue weighted by molar-refractivity contribution is 8.76. The number of nitrogens with two attached hydrogens (primary N) is 4. The van der Waals surface area contributed by atoms with E-state index in [0.29, 0.717) is 12.0 Å². The highest BCUT2D eigenvalue weighted by Crippen LogP contribution is 2.40. The summed E-state index contributed by atoms with van der Waals surface area (Å²) >= 11 is 1.23. The molecule has 0 radical (unpaired) electrons. The van der Waals surface area contributed by atoms with Gasteiger partial charge in [-0.15, -0.1) is 11.8 Å². The number of benzene rings is 1. The zero-order valence-electron chi connectivity index (χ0n) is 40.6. The summed E-state index contributed by atoms with van der Waals surface area (Å²) in [6.45, 7) is 9.87. The molecule has 2 aliphatic heterocycles. The fourth-order valence-corrected chi connectivity index (χ4v) is 10.9. The molecule has 2 aliphatic rings. The van der Waals surface area contributed by atoms with Crippen molar-refractivity contribution in [1.29, 1.82) is 0 Å². The van der Waals surface area contributed by atoms with E-state index in [4.69, 9.17) is 22.9 Å². The average molecular weight is 1050 g/mol. The normalized spacial score (nSPS) is 24.7. The molecule has 0 unspecified atom stereocenters. The summed E-state index contributed by atoms with van der Waals surface area (Å²) < 4.78 is 0. The third-order valence-electron chi connectivity index (χ3n) is 11.5. The van der Waals surface area contributed by atoms with Gasteiger partial charge in [-0.1, -0.05) is 67.8 Å². The van der Waals surface area contributed by atoms with E-state index in [1.165, 1.54) is 40.9 Å². The number of aromatic hydroxyl groups is 1. The molecule has 2 fully saturated rings. The molecule has 1 aromatic carbocycles. The van der Waals surface area contributed by atoms with Gasteiger partial charge < -0.3 is 70.2 Å². The van der Waals surface area contributed by atoms with Gasteiger partial charge in [0.05, 0.1) is 23.9 Å². The molecule has 0 saturated carbocycles. The van der Waals surface area contributed by atoms with Crippen molar-refractivity contribution in [2.75, 3.05) is 23.8 Å². The third kappa shape index (κ3) is 18.7. The first kappa shape index (κ1) is 59.5. The Morgan fingerprint density at radius 2 is 1.37 bits per heavy atom. The lowest BCUT2D eigenvalue weighted by atomic mass is 9.96.